The SMILES string of the molecule is CC1(C)CCc2cc(-c3csc(-c4ccncc4)n3)ccc2NC1=O. The van der Waals surface area contributed by atoms with Crippen molar-refractivity contribution in [3.63, 3.8) is 0 Å². The van der Waals surface area contributed by atoms with E-state index in [0.717, 1.165) is 40.4 Å². The molecule has 1 aromatic carbocycles. The molecule has 25 heavy (non-hydrogen) atoms. The van der Waals surface area contributed by atoms with E-state index in [0.29, 0.717) is 0 Å². The second-order valence-electron chi connectivity index (χ2n) is 6.98. The number of benzene rings is 1. The smallest absolute Gasteiger partial charge is 0.230 e. The first kappa shape index (κ1) is 16.0. The Balaban J connectivity index is 1.67. The van der Waals surface area contributed by atoms with Gasteiger partial charge >= 0.3 is 0 Å². The van der Waals surface area contributed by atoms with Crippen molar-refractivity contribution >= 4 is 22.9 Å². The maximum atomic E-state index is 12.3. The molecular formula is C20H19N3OS. The lowest BCUT2D eigenvalue weighted by atomic mass is 9.86. The van der Waals surface area contributed by atoms with E-state index in [-0.39, 0.29) is 11.3 Å². The Bertz CT molecular complexity index is 931. The topological polar surface area (TPSA) is 54.9 Å². The van der Waals surface area contributed by atoms with Crippen LogP contribution < -0.4 is 5.32 Å². The van der Waals surface area contributed by atoms with Crippen LogP contribution in [0.3, 0.4) is 0 Å². The van der Waals surface area contributed by atoms with E-state index in [1.165, 1.54) is 5.56 Å². The first-order valence-corrected chi connectivity index (χ1v) is 9.22. The third-order valence-corrected chi connectivity index (χ3v) is 5.61. The van der Waals surface area contributed by atoms with Crippen LogP contribution in [-0.4, -0.2) is 15.9 Å². The highest BCUT2D eigenvalue weighted by Crippen LogP contribution is 2.35. The molecule has 0 aliphatic carbocycles. The monoisotopic (exact) mass is 349 g/mol. The summed E-state index contributed by atoms with van der Waals surface area (Å²) >= 11 is 1.63. The molecule has 126 valence electrons. The van der Waals surface area contributed by atoms with Gasteiger partial charge in [-0.1, -0.05) is 19.9 Å². The highest BCUT2D eigenvalue weighted by Gasteiger charge is 2.30. The van der Waals surface area contributed by atoms with Crippen molar-refractivity contribution in [2.45, 2.75) is 26.7 Å². The van der Waals surface area contributed by atoms with Crippen molar-refractivity contribution in [1.29, 1.82) is 0 Å². The molecule has 0 saturated carbocycles. The van der Waals surface area contributed by atoms with Crippen LogP contribution >= 0.6 is 11.3 Å². The fourth-order valence-corrected chi connectivity index (χ4v) is 3.80. The molecule has 1 aliphatic rings. The second kappa shape index (κ2) is 6.08. The van der Waals surface area contributed by atoms with Gasteiger partial charge in [-0.05, 0) is 42.7 Å². The summed E-state index contributed by atoms with van der Waals surface area (Å²) in [6.45, 7) is 3.99. The van der Waals surface area contributed by atoms with Crippen molar-refractivity contribution < 1.29 is 4.79 Å². The summed E-state index contributed by atoms with van der Waals surface area (Å²) in [5, 5.41) is 6.13. The maximum absolute atomic E-state index is 12.3. The molecule has 5 heteroatoms. The molecule has 3 heterocycles. The van der Waals surface area contributed by atoms with Gasteiger partial charge in [-0.3, -0.25) is 9.78 Å². The molecule has 0 saturated heterocycles. The minimum atomic E-state index is -0.339. The number of pyridine rings is 1. The highest BCUT2D eigenvalue weighted by atomic mass is 32.1. The predicted molar refractivity (Wildman–Crippen MR) is 102 cm³/mol. The molecule has 0 unspecified atom stereocenters. The van der Waals surface area contributed by atoms with E-state index >= 15 is 0 Å². The fraction of sp³-hybridized carbons (Fsp3) is 0.250. The summed E-state index contributed by atoms with van der Waals surface area (Å²) in [5.41, 5.74) is 4.89. The summed E-state index contributed by atoms with van der Waals surface area (Å²) in [5.74, 6) is 0.0904. The van der Waals surface area contributed by atoms with Gasteiger partial charge in [-0.25, -0.2) is 4.98 Å². The van der Waals surface area contributed by atoms with Crippen LogP contribution in [0.15, 0.2) is 48.1 Å². The minimum Gasteiger partial charge on any atom is -0.325 e. The van der Waals surface area contributed by atoms with Gasteiger partial charge in [0.05, 0.1) is 5.69 Å². The minimum absolute atomic E-state index is 0.0904. The lowest BCUT2D eigenvalue weighted by Crippen LogP contribution is -2.29. The molecular weight excluding hydrogens is 330 g/mol. The molecule has 1 amide bonds. The number of amides is 1. The van der Waals surface area contributed by atoms with Gasteiger partial charge < -0.3 is 5.32 Å². The van der Waals surface area contributed by atoms with Gasteiger partial charge in [0.25, 0.3) is 0 Å². The summed E-state index contributed by atoms with van der Waals surface area (Å²) in [6, 6.07) is 10.1. The third-order valence-electron chi connectivity index (χ3n) is 4.71. The van der Waals surface area contributed by atoms with Crippen molar-refractivity contribution in [2.24, 2.45) is 5.41 Å². The van der Waals surface area contributed by atoms with E-state index < -0.39 is 0 Å². The summed E-state index contributed by atoms with van der Waals surface area (Å²) < 4.78 is 0. The largest absolute Gasteiger partial charge is 0.325 e. The van der Waals surface area contributed by atoms with E-state index in [1.807, 2.05) is 38.1 Å². The van der Waals surface area contributed by atoms with Crippen molar-refractivity contribution in [2.75, 3.05) is 5.32 Å². The number of nitrogens with zero attached hydrogens (tertiary/aromatic N) is 2. The van der Waals surface area contributed by atoms with E-state index in [2.05, 4.69) is 21.7 Å². The fourth-order valence-electron chi connectivity index (χ4n) is 2.97. The summed E-state index contributed by atoms with van der Waals surface area (Å²) in [4.78, 5) is 21.1. The highest BCUT2D eigenvalue weighted by molar-refractivity contribution is 7.13. The van der Waals surface area contributed by atoms with Crippen LogP contribution in [0.5, 0.6) is 0 Å². The second-order valence-corrected chi connectivity index (χ2v) is 7.84. The summed E-state index contributed by atoms with van der Waals surface area (Å²) in [7, 11) is 0. The Morgan fingerprint density at radius 3 is 2.72 bits per heavy atom. The van der Waals surface area contributed by atoms with Crippen LogP contribution in [0.2, 0.25) is 0 Å². The first-order chi connectivity index (χ1) is 12.0. The number of aromatic nitrogens is 2. The number of carbonyl (C=O) groups is 1. The Labute approximate surface area is 151 Å². The number of carbonyl (C=O) groups excluding carboxylic acids is 1. The number of aryl methyl sites for hydroxylation is 1. The third kappa shape index (κ3) is 3.07. The number of thiazole rings is 1. The maximum Gasteiger partial charge on any atom is 0.230 e. The zero-order valence-corrected chi connectivity index (χ0v) is 15.1. The normalized spacial score (nSPS) is 16.0. The van der Waals surface area contributed by atoms with Crippen molar-refractivity contribution in [3.05, 3.63) is 53.7 Å². The molecule has 0 spiro atoms. The lowest BCUT2D eigenvalue weighted by Gasteiger charge is -2.19. The summed E-state index contributed by atoms with van der Waals surface area (Å²) in [6.07, 6.45) is 5.29. The van der Waals surface area contributed by atoms with Gasteiger partial charge in [-0.15, -0.1) is 11.3 Å². The predicted octanol–water partition coefficient (Wildman–Crippen LogP) is 4.78. The van der Waals surface area contributed by atoms with E-state index in [9.17, 15) is 4.79 Å². The number of anilines is 1. The van der Waals surface area contributed by atoms with E-state index in [4.69, 9.17) is 4.98 Å². The Hall–Kier alpha value is -2.53. The zero-order valence-electron chi connectivity index (χ0n) is 14.2. The average molecular weight is 349 g/mol. The zero-order chi connectivity index (χ0) is 17.4. The molecule has 2 aromatic heterocycles. The number of nitrogens with one attached hydrogen (secondary N) is 1. The molecule has 0 fully saturated rings. The number of hydrogen-bond donors (Lipinski definition) is 1. The Morgan fingerprint density at radius 2 is 1.92 bits per heavy atom. The quantitative estimate of drug-likeness (QED) is 0.724. The molecule has 4 rings (SSSR count). The van der Waals surface area contributed by atoms with E-state index in [1.54, 1.807) is 23.7 Å². The van der Waals surface area contributed by atoms with Gasteiger partial charge in [0.2, 0.25) is 5.91 Å². The van der Waals surface area contributed by atoms with Gasteiger partial charge in [-0.2, -0.15) is 0 Å². The molecule has 1 aliphatic heterocycles. The molecule has 3 aromatic rings. The Morgan fingerprint density at radius 1 is 1.12 bits per heavy atom. The molecule has 0 bridgehead atoms. The van der Waals surface area contributed by atoms with Crippen LogP contribution in [0.1, 0.15) is 25.8 Å². The van der Waals surface area contributed by atoms with Gasteiger partial charge in [0.1, 0.15) is 5.01 Å². The van der Waals surface area contributed by atoms with Crippen LogP contribution in [0, 0.1) is 5.41 Å². The standard InChI is InChI=1S/C20H19N3OS/c1-20(2)8-5-15-11-14(3-4-16(15)23-19(20)24)17-12-25-18(22-17)13-6-9-21-10-7-13/h3-4,6-7,9-12H,5,8H2,1-2H3,(H,23,24). The number of rotatable bonds is 2. The number of fused-ring (bicyclic) bond motifs is 1. The lowest BCUT2D eigenvalue weighted by molar-refractivity contribution is -0.124. The van der Waals surface area contributed by atoms with Crippen molar-refractivity contribution in [3.8, 4) is 21.8 Å². The number of hydrogen-bond acceptors (Lipinski definition) is 4. The molecule has 4 nitrogen and oxygen atoms in total. The molecule has 0 atom stereocenters. The van der Waals surface area contributed by atoms with Gasteiger partial charge in [0.15, 0.2) is 0 Å². The van der Waals surface area contributed by atoms with Gasteiger partial charge in [0, 0.05) is 40.0 Å². The first-order valence-electron chi connectivity index (χ1n) is 8.34. The van der Waals surface area contributed by atoms with Crippen LogP contribution in [0.4, 0.5) is 5.69 Å². The van der Waals surface area contributed by atoms with Crippen LogP contribution in [-0.2, 0) is 11.2 Å². The Kier molecular flexibility index (Phi) is 3.88. The van der Waals surface area contributed by atoms with Crippen molar-refractivity contribution in [1.82, 2.24) is 9.97 Å². The molecule has 1 N–H and O–H groups in total. The molecule has 0 radical (unpaired) electrons. The average Bonchev–Trinajstić information content (AvgIpc) is 3.07. The van der Waals surface area contributed by atoms with Crippen LogP contribution in [0.25, 0.3) is 21.8 Å².